The Morgan fingerprint density at radius 3 is 2.00 bits per heavy atom. The maximum Gasteiger partial charge on any atom is 0.199 e. The molecule has 0 radical (unpaired) electrons. The molecule has 2 atom stereocenters. The lowest BCUT2D eigenvalue weighted by atomic mass is 9.69. The van der Waals surface area contributed by atoms with Crippen LogP contribution in [0.4, 0.5) is 0 Å². The average Bonchev–Trinajstić information content (AvgIpc) is 2.59. The maximum atomic E-state index is 6.22. The van der Waals surface area contributed by atoms with Crippen molar-refractivity contribution in [2.75, 3.05) is 0 Å². The topological polar surface area (TPSA) is 18.5 Å². The first-order valence-electron chi connectivity index (χ1n) is 11.0. The van der Waals surface area contributed by atoms with Crippen molar-refractivity contribution in [1.82, 2.24) is 0 Å². The van der Waals surface area contributed by atoms with Crippen LogP contribution < -0.4 is 4.74 Å². The molecule has 0 spiro atoms. The standard InChI is InChI=1S/C25H42O2/c1-8-23(26-20-12-10-9-11-13-20)27-21-16-14-19(15-17-21)22(25(5,6)7)18-24(2,3)4/h14-17,20,22-23H,8-13,18H2,1-7H3. The molecular formula is C25H42O2. The minimum atomic E-state index is -0.132. The molecule has 2 unspecified atom stereocenters. The highest BCUT2D eigenvalue weighted by Gasteiger charge is 2.30. The van der Waals surface area contributed by atoms with Crippen LogP contribution in [-0.4, -0.2) is 12.4 Å². The Balaban J connectivity index is 2.03. The summed E-state index contributed by atoms with van der Waals surface area (Å²) in [6.07, 6.45) is 8.59. The second-order valence-electron chi connectivity index (χ2n) is 10.6. The lowest BCUT2D eigenvalue weighted by Gasteiger charge is -2.36. The van der Waals surface area contributed by atoms with Crippen molar-refractivity contribution in [1.29, 1.82) is 0 Å². The van der Waals surface area contributed by atoms with Crippen molar-refractivity contribution in [2.24, 2.45) is 10.8 Å². The Bertz CT molecular complexity index is 541. The zero-order chi connectivity index (χ0) is 20.1. The van der Waals surface area contributed by atoms with Crippen molar-refractivity contribution in [3.63, 3.8) is 0 Å². The van der Waals surface area contributed by atoms with Crippen molar-refractivity contribution < 1.29 is 9.47 Å². The highest BCUT2D eigenvalue weighted by molar-refractivity contribution is 5.30. The second kappa shape index (κ2) is 9.45. The second-order valence-corrected chi connectivity index (χ2v) is 10.6. The van der Waals surface area contributed by atoms with E-state index in [4.69, 9.17) is 9.47 Å². The molecule has 0 bridgehead atoms. The lowest BCUT2D eigenvalue weighted by Crippen LogP contribution is -2.28. The Kier molecular flexibility index (Phi) is 7.80. The molecule has 0 heterocycles. The van der Waals surface area contributed by atoms with E-state index in [-0.39, 0.29) is 11.7 Å². The van der Waals surface area contributed by atoms with Crippen LogP contribution in [0, 0.1) is 10.8 Å². The number of hydrogen-bond donors (Lipinski definition) is 0. The molecule has 0 amide bonds. The number of hydrogen-bond acceptors (Lipinski definition) is 2. The van der Waals surface area contributed by atoms with Crippen molar-refractivity contribution in [3.8, 4) is 5.75 Å². The Labute approximate surface area is 168 Å². The van der Waals surface area contributed by atoms with E-state index in [1.54, 1.807) is 0 Å². The Hall–Kier alpha value is -1.02. The monoisotopic (exact) mass is 374 g/mol. The van der Waals surface area contributed by atoms with Gasteiger partial charge in [0.05, 0.1) is 6.10 Å². The Morgan fingerprint density at radius 2 is 1.52 bits per heavy atom. The molecule has 1 aromatic rings. The van der Waals surface area contributed by atoms with Crippen LogP contribution >= 0.6 is 0 Å². The zero-order valence-electron chi connectivity index (χ0n) is 18.8. The molecule has 1 aliphatic carbocycles. The van der Waals surface area contributed by atoms with Gasteiger partial charge in [-0.15, -0.1) is 0 Å². The van der Waals surface area contributed by atoms with Gasteiger partial charge >= 0.3 is 0 Å². The molecule has 0 N–H and O–H groups in total. The number of benzene rings is 1. The minimum Gasteiger partial charge on any atom is -0.465 e. The van der Waals surface area contributed by atoms with Crippen LogP contribution in [0.1, 0.15) is 105 Å². The van der Waals surface area contributed by atoms with Crippen LogP contribution in [-0.2, 0) is 4.74 Å². The molecule has 0 aromatic heterocycles. The quantitative estimate of drug-likeness (QED) is 0.455. The fourth-order valence-electron chi connectivity index (χ4n) is 4.09. The largest absolute Gasteiger partial charge is 0.465 e. The predicted molar refractivity (Wildman–Crippen MR) is 115 cm³/mol. The SMILES string of the molecule is CCC(Oc1ccc(C(CC(C)(C)C)C(C)(C)C)cc1)OC1CCCCC1. The average molecular weight is 375 g/mol. The molecule has 0 saturated heterocycles. The van der Waals surface area contributed by atoms with Crippen molar-refractivity contribution >= 4 is 0 Å². The molecule has 27 heavy (non-hydrogen) atoms. The van der Waals surface area contributed by atoms with Crippen LogP contribution in [0.5, 0.6) is 5.75 Å². The van der Waals surface area contributed by atoms with Gasteiger partial charge in [-0.3, -0.25) is 0 Å². The van der Waals surface area contributed by atoms with Crippen molar-refractivity contribution in [3.05, 3.63) is 29.8 Å². The fraction of sp³-hybridized carbons (Fsp3) is 0.760. The first kappa shape index (κ1) is 22.3. The maximum absolute atomic E-state index is 6.22. The van der Waals surface area contributed by atoms with E-state index in [1.807, 2.05) is 0 Å². The molecule has 0 aliphatic heterocycles. The van der Waals surface area contributed by atoms with Gasteiger partial charge in [-0.25, -0.2) is 0 Å². The molecule has 1 aliphatic rings. The Morgan fingerprint density at radius 1 is 0.926 bits per heavy atom. The van der Waals surface area contributed by atoms with Gasteiger partial charge < -0.3 is 9.47 Å². The van der Waals surface area contributed by atoms with E-state index in [2.05, 4.69) is 72.7 Å². The summed E-state index contributed by atoms with van der Waals surface area (Å²) in [5.41, 5.74) is 1.96. The number of ether oxygens (including phenoxy) is 2. The summed E-state index contributed by atoms with van der Waals surface area (Å²) in [5.74, 6) is 1.46. The van der Waals surface area contributed by atoms with Crippen LogP contribution in [0.3, 0.4) is 0 Å². The molecule has 1 fully saturated rings. The minimum absolute atomic E-state index is 0.132. The van der Waals surface area contributed by atoms with Crippen LogP contribution in [0.25, 0.3) is 0 Å². The van der Waals surface area contributed by atoms with Gasteiger partial charge in [-0.05, 0) is 53.7 Å². The summed E-state index contributed by atoms with van der Waals surface area (Å²) in [6, 6.07) is 8.77. The van der Waals surface area contributed by atoms with E-state index in [9.17, 15) is 0 Å². The highest BCUT2D eigenvalue weighted by Crippen LogP contribution is 2.43. The zero-order valence-corrected chi connectivity index (χ0v) is 18.8. The predicted octanol–water partition coefficient (Wildman–Crippen LogP) is 7.72. The smallest absolute Gasteiger partial charge is 0.199 e. The van der Waals surface area contributed by atoms with Gasteiger partial charge in [0.25, 0.3) is 0 Å². The normalized spacial score (nSPS) is 18.9. The summed E-state index contributed by atoms with van der Waals surface area (Å²) in [6.45, 7) is 16.2. The van der Waals surface area contributed by atoms with E-state index < -0.39 is 0 Å². The summed E-state index contributed by atoms with van der Waals surface area (Å²) in [7, 11) is 0. The highest BCUT2D eigenvalue weighted by atomic mass is 16.7. The molecule has 2 heteroatoms. The first-order chi connectivity index (χ1) is 12.6. The first-order valence-corrected chi connectivity index (χ1v) is 11.0. The molecule has 154 valence electrons. The molecular weight excluding hydrogens is 332 g/mol. The lowest BCUT2D eigenvalue weighted by molar-refractivity contribution is -0.129. The van der Waals surface area contributed by atoms with E-state index in [1.165, 1.54) is 44.1 Å². The summed E-state index contributed by atoms with van der Waals surface area (Å²) in [4.78, 5) is 0. The fourth-order valence-corrected chi connectivity index (χ4v) is 4.09. The van der Waals surface area contributed by atoms with Gasteiger partial charge in [-0.2, -0.15) is 0 Å². The van der Waals surface area contributed by atoms with Crippen LogP contribution in [0.2, 0.25) is 0 Å². The summed E-state index contributed by atoms with van der Waals surface area (Å²) >= 11 is 0. The third kappa shape index (κ3) is 7.49. The van der Waals surface area contributed by atoms with Gasteiger partial charge in [0.2, 0.25) is 0 Å². The van der Waals surface area contributed by atoms with Crippen molar-refractivity contribution in [2.45, 2.75) is 112 Å². The van der Waals surface area contributed by atoms with E-state index in [0.717, 1.165) is 12.2 Å². The molecule has 1 aromatic carbocycles. The third-order valence-electron chi connectivity index (χ3n) is 5.64. The van der Waals surface area contributed by atoms with Gasteiger partial charge in [0.15, 0.2) is 6.29 Å². The van der Waals surface area contributed by atoms with E-state index >= 15 is 0 Å². The molecule has 1 saturated carbocycles. The van der Waals surface area contributed by atoms with Crippen LogP contribution in [0.15, 0.2) is 24.3 Å². The number of rotatable bonds is 7. The van der Waals surface area contributed by atoms with Gasteiger partial charge in [0, 0.05) is 6.42 Å². The van der Waals surface area contributed by atoms with E-state index in [0.29, 0.717) is 17.4 Å². The van der Waals surface area contributed by atoms with Gasteiger partial charge in [0.1, 0.15) is 5.75 Å². The third-order valence-corrected chi connectivity index (χ3v) is 5.64. The summed E-state index contributed by atoms with van der Waals surface area (Å²) < 4.78 is 12.4. The van der Waals surface area contributed by atoms with Gasteiger partial charge in [-0.1, -0.05) is 79.9 Å². The molecule has 2 nitrogen and oxygen atoms in total. The molecule has 2 rings (SSSR count). The summed E-state index contributed by atoms with van der Waals surface area (Å²) in [5, 5.41) is 0.